The molecule has 0 heterocycles. The molecule has 0 spiro atoms. The maximum absolute atomic E-state index is 10.9. The summed E-state index contributed by atoms with van der Waals surface area (Å²) >= 11 is 0. The zero-order valence-corrected chi connectivity index (χ0v) is 12.8. The van der Waals surface area contributed by atoms with Crippen LogP contribution in [0.15, 0.2) is 54.6 Å². The summed E-state index contributed by atoms with van der Waals surface area (Å²) in [4.78, 5) is 0. The Labute approximate surface area is 127 Å². The topological polar surface area (TPSA) is 20.2 Å². The van der Waals surface area contributed by atoms with E-state index in [1.165, 1.54) is 37.7 Å². The van der Waals surface area contributed by atoms with Gasteiger partial charge in [-0.3, -0.25) is 0 Å². The van der Waals surface area contributed by atoms with Gasteiger partial charge < -0.3 is 5.11 Å². The first-order chi connectivity index (χ1) is 10.2. The maximum Gasteiger partial charge on any atom is 0.112 e. The fourth-order valence-electron chi connectivity index (χ4n) is 3.45. The maximum atomic E-state index is 10.9. The Morgan fingerprint density at radius 2 is 1.38 bits per heavy atom. The average Bonchev–Trinajstić information content (AvgIpc) is 2.57. The summed E-state index contributed by atoms with van der Waals surface area (Å²) in [6.07, 6.45) is 6.72. The highest BCUT2D eigenvalue weighted by atomic mass is 16.3. The van der Waals surface area contributed by atoms with Gasteiger partial charge in [-0.05, 0) is 42.4 Å². The van der Waals surface area contributed by atoms with Gasteiger partial charge in [0.25, 0.3) is 0 Å². The minimum absolute atomic E-state index is 0.717. The molecule has 1 aliphatic rings. The molecule has 0 saturated heterocycles. The molecule has 1 saturated carbocycles. The molecule has 0 aliphatic heterocycles. The third kappa shape index (κ3) is 3.03. The Kier molecular flexibility index (Phi) is 4.12. The molecule has 3 rings (SSSR count). The Hall–Kier alpha value is -1.60. The fourth-order valence-corrected chi connectivity index (χ4v) is 3.45. The van der Waals surface area contributed by atoms with Gasteiger partial charge in [-0.15, -0.1) is 0 Å². The Morgan fingerprint density at radius 1 is 0.810 bits per heavy atom. The van der Waals surface area contributed by atoms with Crippen LogP contribution in [0, 0.1) is 0 Å². The van der Waals surface area contributed by atoms with E-state index < -0.39 is 5.60 Å². The van der Waals surface area contributed by atoms with Gasteiger partial charge in [-0.1, -0.05) is 73.9 Å². The van der Waals surface area contributed by atoms with Crippen LogP contribution >= 0.6 is 0 Å². The Bertz CT molecular complexity index is 563. The summed E-state index contributed by atoms with van der Waals surface area (Å²) in [6.45, 7) is 1.87. The minimum atomic E-state index is -0.924. The molecule has 2 aromatic carbocycles. The highest BCUT2D eigenvalue weighted by Crippen LogP contribution is 2.34. The van der Waals surface area contributed by atoms with Gasteiger partial charge in [-0.2, -0.15) is 0 Å². The van der Waals surface area contributed by atoms with Crippen LogP contribution in [0.4, 0.5) is 0 Å². The molecule has 110 valence electrons. The second-order valence-electron chi connectivity index (χ2n) is 6.40. The van der Waals surface area contributed by atoms with Crippen molar-refractivity contribution in [1.29, 1.82) is 0 Å². The van der Waals surface area contributed by atoms with Crippen molar-refractivity contribution in [3.05, 3.63) is 71.3 Å². The van der Waals surface area contributed by atoms with Crippen molar-refractivity contribution in [2.75, 3.05) is 0 Å². The van der Waals surface area contributed by atoms with E-state index in [0.29, 0.717) is 0 Å². The van der Waals surface area contributed by atoms with E-state index in [0.717, 1.165) is 17.0 Å². The number of hydrogen-bond donors (Lipinski definition) is 1. The Balaban J connectivity index is 1.83. The quantitative estimate of drug-likeness (QED) is 0.839. The van der Waals surface area contributed by atoms with E-state index in [9.17, 15) is 5.11 Å². The van der Waals surface area contributed by atoms with Gasteiger partial charge in [0.1, 0.15) is 5.60 Å². The molecule has 0 radical (unpaired) electrons. The van der Waals surface area contributed by atoms with Gasteiger partial charge in [0.2, 0.25) is 0 Å². The van der Waals surface area contributed by atoms with Crippen LogP contribution < -0.4 is 0 Å². The first-order valence-electron chi connectivity index (χ1n) is 8.06. The normalized spacial score (nSPS) is 19.1. The van der Waals surface area contributed by atoms with Crippen LogP contribution in [0.3, 0.4) is 0 Å². The lowest BCUT2D eigenvalue weighted by Gasteiger charge is -2.26. The largest absolute Gasteiger partial charge is 0.381 e. The molecule has 1 atom stereocenters. The molecular formula is C20H24O. The fraction of sp³-hybridized carbons (Fsp3) is 0.400. The van der Waals surface area contributed by atoms with Gasteiger partial charge in [0.05, 0.1) is 0 Å². The van der Waals surface area contributed by atoms with Gasteiger partial charge in [0, 0.05) is 0 Å². The van der Waals surface area contributed by atoms with Gasteiger partial charge >= 0.3 is 0 Å². The summed E-state index contributed by atoms with van der Waals surface area (Å²) in [7, 11) is 0. The SMILES string of the molecule is CC(O)(c1ccccc1)c1ccc(C2CCCCC2)cc1. The smallest absolute Gasteiger partial charge is 0.112 e. The van der Waals surface area contributed by atoms with Crippen molar-refractivity contribution in [2.24, 2.45) is 0 Å². The Morgan fingerprint density at radius 3 is 2.00 bits per heavy atom. The first-order valence-corrected chi connectivity index (χ1v) is 8.06. The number of rotatable bonds is 3. The number of hydrogen-bond acceptors (Lipinski definition) is 1. The highest BCUT2D eigenvalue weighted by molar-refractivity contribution is 5.37. The molecule has 0 bridgehead atoms. The molecule has 0 amide bonds. The van der Waals surface area contributed by atoms with Crippen molar-refractivity contribution in [3.8, 4) is 0 Å². The van der Waals surface area contributed by atoms with Gasteiger partial charge in [-0.25, -0.2) is 0 Å². The van der Waals surface area contributed by atoms with E-state index in [1.54, 1.807) is 0 Å². The third-order valence-corrected chi connectivity index (χ3v) is 4.89. The molecule has 1 unspecified atom stereocenters. The molecule has 1 N–H and O–H groups in total. The molecular weight excluding hydrogens is 256 g/mol. The predicted octanol–water partition coefficient (Wildman–Crippen LogP) is 4.99. The number of aliphatic hydroxyl groups is 1. The molecule has 1 fully saturated rings. The lowest BCUT2D eigenvalue weighted by molar-refractivity contribution is 0.102. The van der Waals surface area contributed by atoms with Crippen molar-refractivity contribution in [1.82, 2.24) is 0 Å². The third-order valence-electron chi connectivity index (χ3n) is 4.89. The molecule has 0 aromatic heterocycles. The molecule has 1 heteroatoms. The van der Waals surface area contributed by atoms with Gasteiger partial charge in [0.15, 0.2) is 0 Å². The van der Waals surface area contributed by atoms with E-state index in [2.05, 4.69) is 24.3 Å². The second-order valence-corrected chi connectivity index (χ2v) is 6.40. The van der Waals surface area contributed by atoms with Crippen LogP contribution in [-0.4, -0.2) is 5.11 Å². The lowest BCUT2D eigenvalue weighted by atomic mass is 9.82. The van der Waals surface area contributed by atoms with Crippen molar-refractivity contribution in [2.45, 2.75) is 50.5 Å². The summed E-state index contributed by atoms with van der Waals surface area (Å²) in [6, 6.07) is 18.5. The molecule has 1 aliphatic carbocycles. The zero-order chi connectivity index (χ0) is 14.7. The monoisotopic (exact) mass is 280 g/mol. The van der Waals surface area contributed by atoms with E-state index in [4.69, 9.17) is 0 Å². The number of benzene rings is 2. The summed E-state index contributed by atoms with van der Waals surface area (Å²) < 4.78 is 0. The van der Waals surface area contributed by atoms with Crippen LogP contribution in [0.2, 0.25) is 0 Å². The lowest BCUT2D eigenvalue weighted by Crippen LogP contribution is -2.22. The van der Waals surface area contributed by atoms with E-state index >= 15 is 0 Å². The van der Waals surface area contributed by atoms with Crippen LogP contribution in [0.25, 0.3) is 0 Å². The predicted molar refractivity (Wildman–Crippen MR) is 87.4 cm³/mol. The van der Waals surface area contributed by atoms with Crippen LogP contribution in [-0.2, 0) is 5.60 Å². The van der Waals surface area contributed by atoms with Crippen LogP contribution in [0.1, 0.15) is 61.6 Å². The molecule has 21 heavy (non-hydrogen) atoms. The standard InChI is InChI=1S/C20H24O/c1-20(21,18-10-6-3-7-11-18)19-14-12-17(13-15-19)16-8-4-2-5-9-16/h3,6-7,10-16,21H,2,4-5,8-9H2,1H3. The van der Waals surface area contributed by atoms with Crippen molar-refractivity contribution >= 4 is 0 Å². The molecule has 2 aromatic rings. The van der Waals surface area contributed by atoms with Crippen molar-refractivity contribution < 1.29 is 5.11 Å². The second kappa shape index (κ2) is 6.03. The summed E-state index contributed by atoms with van der Waals surface area (Å²) in [5.41, 5.74) is 2.41. The summed E-state index contributed by atoms with van der Waals surface area (Å²) in [5.74, 6) is 0.717. The minimum Gasteiger partial charge on any atom is -0.381 e. The first kappa shape index (κ1) is 14.3. The van der Waals surface area contributed by atoms with E-state index in [-0.39, 0.29) is 0 Å². The van der Waals surface area contributed by atoms with E-state index in [1.807, 2.05) is 37.3 Å². The summed E-state index contributed by atoms with van der Waals surface area (Å²) in [5, 5.41) is 10.9. The van der Waals surface area contributed by atoms with Crippen molar-refractivity contribution in [3.63, 3.8) is 0 Å². The highest BCUT2D eigenvalue weighted by Gasteiger charge is 2.25. The average molecular weight is 280 g/mol. The zero-order valence-electron chi connectivity index (χ0n) is 12.8. The van der Waals surface area contributed by atoms with Crippen LogP contribution in [0.5, 0.6) is 0 Å². The molecule has 1 nitrogen and oxygen atoms in total.